The molecule has 0 aromatic heterocycles. The highest BCUT2D eigenvalue weighted by molar-refractivity contribution is 14.0. The number of nitrogens with one attached hydrogen (secondary N) is 1. The molecule has 0 bridgehead atoms. The van der Waals surface area contributed by atoms with Gasteiger partial charge in [0.2, 0.25) is 0 Å². The smallest absolute Gasteiger partial charge is 0.193 e. The highest BCUT2D eigenvalue weighted by Gasteiger charge is 2.11. The molecule has 0 spiro atoms. The predicted octanol–water partition coefficient (Wildman–Crippen LogP) is 2.33. The number of aliphatic imine (C=N–C) groups is 1. The van der Waals surface area contributed by atoms with Gasteiger partial charge in [0, 0.05) is 38.9 Å². The Morgan fingerprint density at radius 2 is 2.20 bits per heavy atom. The van der Waals surface area contributed by atoms with Crippen molar-refractivity contribution < 1.29 is 0 Å². The number of rotatable bonds is 5. The minimum absolute atomic E-state index is 0. The van der Waals surface area contributed by atoms with Crippen LogP contribution in [0.25, 0.3) is 0 Å². The zero-order valence-corrected chi connectivity index (χ0v) is 14.9. The number of halogens is 1. The molecular formula is C15H25IN4. The fourth-order valence-electron chi connectivity index (χ4n) is 2.32. The SMILES string of the molecule is CCN(CCNC1=NCCN1C)c1cccc(C)c1.I. The molecule has 0 fully saturated rings. The van der Waals surface area contributed by atoms with E-state index < -0.39 is 0 Å². The number of likely N-dealkylation sites (N-methyl/N-ethyl adjacent to an activating group) is 2. The van der Waals surface area contributed by atoms with E-state index in [-0.39, 0.29) is 24.0 Å². The number of anilines is 1. The summed E-state index contributed by atoms with van der Waals surface area (Å²) in [5, 5.41) is 3.41. The van der Waals surface area contributed by atoms with Gasteiger partial charge >= 0.3 is 0 Å². The second-order valence-corrected chi connectivity index (χ2v) is 4.97. The molecule has 1 N–H and O–H groups in total. The van der Waals surface area contributed by atoms with Crippen LogP contribution >= 0.6 is 24.0 Å². The molecule has 0 radical (unpaired) electrons. The molecule has 1 heterocycles. The Morgan fingerprint density at radius 3 is 2.80 bits per heavy atom. The van der Waals surface area contributed by atoms with Crippen LogP contribution in [-0.4, -0.2) is 50.6 Å². The zero-order valence-electron chi connectivity index (χ0n) is 12.6. The second-order valence-electron chi connectivity index (χ2n) is 4.97. The van der Waals surface area contributed by atoms with Crippen molar-refractivity contribution in [3.63, 3.8) is 0 Å². The average molecular weight is 388 g/mol. The van der Waals surface area contributed by atoms with E-state index in [0.29, 0.717) is 0 Å². The summed E-state index contributed by atoms with van der Waals surface area (Å²) in [6, 6.07) is 8.67. The first-order chi connectivity index (χ1) is 9.20. The molecule has 0 unspecified atom stereocenters. The third kappa shape index (κ3) is 4.54. The molecule has 0 atom stereocenters. The van der Waals surface area contributed by atoms with Gasteiger partial charge in [0.25, 0.3) is 0 Å². The Morgan fingerprint density at radius 1 is 1.40 bits per heavy atom. The molecule has 1 aliphatic heterocycles. The quantitative estimate of drug-likeness (QED) is 0.786. The first-order valence-electron chi connectivity index (χ1n) is 7.01. The number of nitrogens with zero attached hydrogens (tertiary/aromatic N) is 3. The van der Waals surface area contributed by atoms with Crippen molar-refractivity contribution in [3.05, 3.63) is 29.8 Å². The Bertz CT molecular complexity index is 447. The lowest BCUT2D eigenvalue weighted by molar-refractivity contribution is 0.534. The lowest BCUT2D eigenvalue weighted by atomic mass is 10.2. The fraction of sp³-hybridized carbons (Fsp3) is 0.533. The van der Waals surface area contributed by atoms with Crippen LogP contribution < -0.4 is 10.2 Å². The summed E-state index contributed by atoms with van der Waals surface area (Å²) >= 11 is 0. The molecule has 20 heavy (non-hydrogen) atoms. The van der Waals surface area contributed by atoms with Gasteiger partial charge in [-0.15, -0.1) is 24.0 Å². The van der Waals surface area contributed by atoms with E-state index in [1.165, 1.54) is 11.3 Å². The van der Waals surface area contributed by atoms with Crippen molar-refractivity contribution in [1.29, 1.82) is 0 Å². The molecule has 2 rings (SSSR count). The standard InChI is InChI=1S/C15H24N4.HI/c1-4-19(14-7-5-6-13(2)12-14)11-9-17-15-16-8-10-18(15)3;/h5-7,12H,4,8-11H2,1-3H3,(H,16,17);1H. The van der Waals surface area contributed by atoms with E-state index >= 15 is 0 Å². The summed E-state index contributed by atoms with van der Waals surface area (Å²) in [6.45, 7) is 9.20. The summed E-state index contributed by atoms with van der Waals surface area (Å²) in [7, 11) is 2.08. The van der Waals surface area contributed by atoms with Crippen LogP contribution in [-0.2, 0) is 0 Å². The molecule has 5 heteroatoms. The number of hydrogen-bond acceptors (Lipinski definition) is 4. The van der Waals surface area contributed by atoms with Crippen LogP contribution in [0.1, 0.15) is 12.5 Å². The molecule has 1 aromatic carbocycles. The van der Waals surface area contributed by atoms with Crippen molar-refractivity contribution in [2.75, 3.05) is 44.7 Å². The second kappa shape index (κ2) is 8.34. The molecule has 0 amide bonds. The van der Waals surface area contributed by atoms with Gasteiger partial charge in [0.1, 0.15) is 0 Å². The van der Waals surface area contributed by atoms with Gasteiger partial charge in [-0.3, -0.25) is 4.99 Å². The van der Waals surface area contributed by atoms with Crippen molar-refractivity contribution in [1.82, 2.24) is 10.2 Å². The van der Waals surface area contributed by atoms with Crippen LogP contribution in [0.2, 0.25) is 0 Å². The fourth-order valence-corrected chi connectivity index (χ4v) is 2.32. The largest absolute Gasteiger partial charge is 0.370 e. The van der Waals surface area contributed by atoms with Crippen molar-refractivity contribution in [3.8, 4) is 0 Å². The Balaban J connectivity index is 0.00000200. The van der Waals surface area contributed by atoms with Crippen molar-refractivity contribution in [2.45, 2.75) is 13.8 Å². The molecular weight excluding hydrogens is 363 g/mol. The zero-order chi connectivity index (χ0) is 13.7. The predicted molar refractivity (Wildman–Crippen MR) is 97.4 cm³/mol. The number of benzene rings is 1. The van der Waals surface area contributed by atoms with E-state index in [2.05, 4.69) is 65.3 Å². The minimum Gasteiger partial charge on any atom is -0.370 e. The summed E-state index contributed by atoms with van der Waals surface area (Å²) in [5.74, 6) is 1.03. The van der Waals surface area contributed by atoms with Crippen LogP contribution in [0.5, 0.6) is 0 Å². The van der Waals surface area contributed by atoms with Gasteiger partial charge in [0.05, 0.1) is 6.54 Å². The lowest BCUT2D eigenvalue weighted by Crippen LogP contribution is -2.40. The monoisotopic (exact) mass is 388 g/mol. The Kier molecular flexibility index (Phi) is 7.12. The minimum atomic E-state index is 0. The van der Waals surface area contributed by atoms with E-state index in [9.17, 15) is 0 Å². The van der Waals surface area contributed by atoms with Gasteiger partial charge in [0.15, 0.2) is 5.96 Å². The number of hydrogen-bond donors (Lipinski definition) is 1. The van der Waals surface area contributed by atoms with Crippen LogP contribution in [0.4, 0.5) is 5.69 Å². The summed E-state index contributed by atoms with van der Waals surface area (Å²) in [4.78, 5) is 8.99. The van der Waals surface area contributed by atoms with Crippen molar-refractivity contribution in [2.24, 2.45) is 4.99 Å². The molecule has 0 saturated heterocycles. The van der Waals surface area contributed by atoms with E-state index in [1.54, 1.807) is 0 Å². The van der Waals surface area contributed by atoms with Crippen LogP contribution in [0.15, 0.2) is 29.3 Å². The van der Waals surface area contributed by atoms with E-state index in [1.807, 2.05) is 0 Å². The van der Waals surface area contributed by atoms with Gasteiger partial charge in [-0.25, -0.2) is 0 Å². The highest BCUT2D eigenvalue weighted by Crippen LogP contribution is 2.14. The molecule has 1 aromatic rings. The first-order valence-corrected chi connectivity index (χ1v) is 7.01. The van der Waals surface area contributed by atoms with E-state index in [4.69, 9.17) is 0 Å². The Hall–Kier alpha value is -0.980. The van der Waals surface area contributed by atoms with Gasteiger partial charge < -0.3 is 15.1 Å². The summed E-state index contributed by atoms with van der Waals surface area (Å²) < 4.78 is 0. The summed E-state index contributed by atoms with van der Waals surface area (Å²) in [6.07, 6.45) is 0. The molecule has 0 saturated carbocycles. The maximum absolute atomic E-state index is 4.44. The number of guanidine groups is 1. The molecule has 1 aliphatic rings. The maximum atomic E-state index is 4.44. The van der Waals surface area contributed by atoms with Gasteiger partial charge in [-0.2, -0.15) is 0 Å². The molecule has 4 nitrogen and oxygen atoms in total. The van der Waals surface area contributed by atoms with Gasteiger partial charge in [-0.05, 0) is 31.5 Å². The van der Waals surface area contributed by atoms with Gasteiger partial charge in [-0.1, -0.05) is 12.1 Å². The normalized spacial score (nSPS) is 13.8. The molecule has 112 valence electrons. The van der Waals surface area contributed by atoms with Crippen LogP contribution in [0, 0.1) is 6.92 Å². The lowest BCUT2D eigenvalue weighted by Gasteiger charge is -2.24. The average Bonchev–Trinajstić information content (AvgIpc) is 2.80. The van der Waals surface area contributed by atoms with E-state index in [0.717, 1.165) is 38.7 Å². The molecule has 0 aliphatic carbocycles. The maximum Gasteiger partial charge on any atom is 0.193 e. The number of aryl methyl sites for hydroxylation is 1. The van der Waals surface area contributed by atoms with Crippen LogP contribution in [0.3, 0.4) is 0 Å². The topological polar surface area (TPSA) is 30.9 Å². The Labute approximate surface area is 139 Å². The third-order valence-corrected chi connectivity index (χ3v) is 3.47. The third-order valence-electron chi connectivity index (χ3n) is 3.47. The van der Waals surface area contributed by atoms with Crippen molar-refractivity contribution >= 4 is 35.6 Å². The summed E-state index contributed by atoms with van der Waals surface area (Å²) in [5.41, 5.74) is 2.61. The first kappa shape index (κ1) is 17.1. The highest BCUT2D eigenvalue weighted by atomic mass is 127.